The summed E-state index contributed by atoms with van der Waals surface area (Å²) in [5.41, 5.74) is 0.0172. The van der Waals surface area contributed by atoms with E-state index in [1.54, 1.807) is 22.7 Å². The van der Waals surface area contributed by atoms with Crippen LogP contribution in [0.15, 0.2) is 65.4 Å². The molecule has 10 heteroatoms. The number of anilines is 1. The van der Waals surface area contributed by atoms with Crippen molar-refractivity contribution in [2.75, 3.05) is 5.32 Å². The van der Waals surface area contributed by atoms with Gasteiger partial charge in [-0.3, -0.25) is 9.20 Å². The molecule has 5 nitrogen and oxygen atoms in total. The van der Waals surface area contributed by atoms with Gasteiger partial charge in [0.15, 0.2) is 0 Å². The Morgan fingerprint density at radius 2 is 1.84 bits per heavy atom. The minimum atomic E-state index is -4.76. The van der Waals surface area contributed by atoms with Gasteiger partial charge in [-0.1, -0.05) is 6.07 Å². The predicted molar refractivity (Wildman–Crippen MR) is 114 cm³/mol. The van der Waals surface area contributed by atoms with Gasteiger partial charge in [-0.25, -0.2) is 9.37 Å². The van der Waals surface area contributed by atoms with E-state index in [9.17, 15) is 27.5 Å². The summed E-state index contributed by atoms with van der Waals surface area (Å²) in [6, 6.07) is 11.2. The second kappa shape index (κ2) is 8.36. The average Bonchev–Trinajstić information content (AvgIpc) is 3.10. The average molecular weight is 508 g/mol. The van der Waals surface area contributed by atoms with Gasteiger partial charge in [-0.15, -0.1) is 0 Å². The minimum absolute atomic E-state index is 0.154. The number of hydrogen-bond donors (Lipinski definition) is 2. The summed E-state index contributed by atoms with van der Waals surface area (Å²) >= 11 is 3.34. The summed E-state index contributed by atoms with van der Waals surface area (Å²) in [5.74, 6) is -1.53. The lowest BCUT2D eigenvalue weighted by Crippen LogP contribution is -2.19. The Bertz CT molecular complexity index is 1320. The lowest BCUT2D eigenvalue weighted by molar-refractivity contribution is -0.137. The van der Waals surface area contributed by atoms with Crippen molar-refractivity contribution in [1.82, 2.24) is 9.38 Å². The third-order valence-corrected chi connectivity index (χ3v) is 5.63. The smallest absolute Gasteiger partial charge is 0.390 e. The number of aliphatic hydroxyl groups is 1. The summed E-state index contributed by atoms with van der Waals surface area (Å²) in [4.78, 5) is 17.1. The fourth-order valence-corrected chi connectivity index (χ4v) is 3.79. The fraction of sp³-hybridized carbons (Fsp3) is 0.0909. The highest BCUT2D eigenvalue weighted by Crippen LogP contribution is 2.36. The molecule has 0 saturated carbocycles. The van der Waals surface area contributed by atoms with Gasteiger partial charge in [0.25, 0.3) is 5.91 Å². The number of carbonyl (C=O) groups is 1. The molecule has 1 amide bonds. The van der Waals surface area contributed by atoms with Crippen molar-refractivity contribution in [2.45, 2.75) is 12.8 Å². The van der Waals surface area contributed by atoms with E-state index >= 15 is 0 Å². The molecular weight excluding hydrogens is 494 g/mol. The number of rotatable bonds is 4. The number of fused-ring (bicyclic) bond motifs is 1. The number of hydrogen-bond acceptors (Lipinski definition) is 3. The van der Waals surface area contributed by atoms with E-state index in [2.05, 4.69) is 26.2 Å². The maximum atomic E-state index is 13.6. The summed E-state index contributed by atoms with van der Waals surface area (Å²) < 4.78 is 56.1. The molecule has 0 aliphatic carbocycles. The molecule has 164 valence electrons. The van der Waals surface area contributed by atoms with Crippen molar-refractivity contribution in [3.05, 3.63) is 88.0 Å². The van der Waals surface area contributed by atoms with Gasteiger partial charge in [-0.05, 0) is 70.0 Å². The number of halogens is 5. The summed E-state index contributed by atoms with van der Waals surface area (Å²) in [6.45, 7) is -0.333. The molecule has 0 unspecified atom stereocenters. The van der Waals surface area contributed by atoms with Crippen LogP contribution in [-0.2, 0) is 12.8 Å². The van der Waals surface area contributed by atoms with Crippen LogP contribution in [-0.4, -0.2) is 20.4 Å². The summed E-state index contributed by atoms with van der Waals surface area (Å²) in [5, 5.41) is 11.8. The first-order valence-electron chi connectivity index (χ1n) is 9.24. The normalized spacial score (nSPS) is 11.7. The fourth-order valence-electron chi connectivity index (χ4n) is 3.29. The van der Waals surface area contributed by atoms with Gasteiger partial charge in [0.1, 0.15) is 16.1 Å². The third kappa shape index (κ3) is 4.11. The number of carbonyl (C=O) groups excluding carboxylic acids is 1. The van der Waals surface area contributed by atoms with E-state index in [1.807, 2.05) is 0 Å². The molecule has 0 atom stereocenters. The van der Waals surface area contributed by atoms with E-state index in [0.29, 0.717) is 27.1 Å². The van der Waals surface area contributed by atoms with Crippen LogP contribution in [0.3, 0.4) is 0 Å². The minimum Gasteiger partial charge on any atom is -0.390 e. The molecule has 2 aromatic heterocycles. The maximum Gasteiger partial charge on any atom is 0.417 e. The number of aliphatic hydroxyl groups excluding tert-OH is 1. The number of amides is 1. The van der Waals surface area contributed by atoms with Crippen LogP contribution in [0.25, 0.3) is 16.8 Å². The van der Waals surface area contributed by atoms with Crippen molar-refractivity contribution in [3.63, 3.8) is 0 Å². The zero-order chi connectivity index (χ0) is 23.0. The Labute approximate surface area is 187 Å². The lowest BCUT2D eigenvalue weighted by atomic mass is 9.98. The second-order valence-corrected chi connectivity index (χ2v) is 7.59. The van der Waals surface area contributed by atoms with Crippen LogP contribution in [0.2, 0.25) is 0 Å². The molecule has 0 aliphatic heterocycles. The first kappa shape index (κ1) is 22.0. The van der Waals surface area contributed by atoms with Crippen LogP contribution < -0.4 is 5.32 Å². The van der Waals surface area contributed by atoms with E-state index in [1.165, 1.54) is 18.2 Å². The molecule has 2 heterocycles. The van der Waals surface area contributed by atoms with E-state index in [-0.39, 0.29) is 12.3 Å². The quantitative estimate of drug-likeness (QED) is 0.350. The molecule has 0 bridgehead atoms. The van der Waals surface area contributed by atoms with E-state index < -0.39 is 29.0 Å². The highest BCUT2D eigenvalue weighted by atomic mass is 79.9. The Hall–Kier alpha value is -3.24. The Balaban J connectivity index is 1.83. The molecule has 2 N–H and O–H groups in total. The van der Waals surface area contributed by atoms with Gasteiger partial charge < -0.3 is 10.4 Å². The number of aromatic nitrogens is 2. The van der Waals surface area contributed by atoms with Gasteiger partial charge in [0, 0.05) is 17.4 Å². The largest absolute Gasteiger partial charge is 0.417 e. The van der Waals surface area contributed by atoms with Crippen molar-refractivity contribution in [2.24, 2.45) is 0 Å². The number of pyridine rings is 1. The van der Waals surface area contributed by atoms with Crippen molar-refractivity contribution >= 4 is 33.2 Å². The van der Waals surface area contributed by atoms with E-state index in [4.69, 9.17) is 0 Å². The van der Waals surface area contributed by atoms with Crippen LogP contribution in [0, 0.1) is 5.82 Å². The Morgan fingerprint density at radius 3 is 2.50 bits per heavy atom. The molecule has 0 saturated heterocycles. The van der Waals surface area contributed by atoms with Gasteiger partial charge >= 0.3 is 6.18 Å². The number of nitrogens with one attached hydrogen (secondary N) is 1. The van der Waals surface area contributed by atoms with Crippen LogP contribution in [0.4, 0.5) is 23.2 Å². The predicted octanol–water partition coefficient (Wildman–Crippen LogP) is 5.67. The standard InChI is InChI=1S/C22H14BrF4N3O2/c23-19-18(11-31)29-20-15(2-1-9-30(19)20)12-3-8-17(22(25,26)27)16(10-12)21(32)28-14-6-4-13(24)5-7-14/h1-10,31H,11H2,(H,28,32). The van der Waals surface area contributed by atoms with Crippen LogP contribution >= 0.6 is 15.9 Å². The van der Waals surface area contributed by atoms with Crippen molar-refractivity contribution in [3.8, 4) is 11.1 Å². The number of imidazole rings is 1. The first-order valence-corrected chi connectivity index (χ1v) is 10.0. The zero-order valence-electron chi connectivity index (χ0n) is 16.1. The van der Waals surface area contributed by atoms with Gasteiger partial charge in [-0.2, -0.15) is 13.2 Å². The number of nitrogens with zero attached hydrogens (tertiary/aromatic N) is 2. The molecule has 0 aliphatic rings. The highest BCUT2D eigenvalue weighted by Gasteiger charge is 2.35. The lowest BCUT2D eigenvalue weighted by Gasteiger charge is -2.15. The van der Waals surface area contributed by atoms with E-state index in [0.717, 1.165) is 24.3 Å². The number of alkyl halides is 3. The summed E-state index contributed by atoms with van der Waals surface area (Å²) in [6.07, 6.45) is -3.08. The highest BCUT2D eigenvalue weighted by molar-refractivity contribution is 9.10. The summed E-state index contributed by atoms with van der Waals surface area (Å²) in [7, 11) is 0. The SMILES string of the molecule is O=C(Nc1ccc(F)cc1)c1cc(-c2cccn3c(Br)c(CO)nc23)ccc1C(F)(F)F. The van der Waals surface area contributed by atoms with Gasteiger partial charge in [0.2, 0.25) is 0 Å². The molecule has 2 aromatic carbocycles. The molecule has 32 heavy (non-hydrogen) atoms. The molecule has 0 spiro atoms. The maximum absolute atomic E-state index is 13.6. The van der Waals surface area contributed by atoms with Crippen molar-refractivity contribution < 1.29 is 27.5 Å². The number of benzene rings is 2. The molecule has 4 aromatic rings. The van der Waals surface area contributed by atoms with Crippen molar-refractivity contribution in [1.29, 1.82) is 0 Å². The zero-order valence-corrected chi connectivity index (χ0v) is 17.7. The Kier molecular flexibility index (Phi) is 5.74. The molecular formula is C22H14BrF4N3O2. The second-order valence-electron chi connectivity index (χ2n) is 6.84. The first-order chi connectivity index (χ1) is 15.2. The topological polar surface area (TPSA) is 66.6 Å². The van der Waals surface area contributed by atoms with Gasteiger partial charge in [0.05, 0.1) is 23.4 Å². The molecule has 0 fully saturated rings. The molecule has 0 radical (unpaired) electrons. The van der Waals surface area contributed by atoms with Crippen LogP contribution in [0.5, 0.6) is 0 Å². The monoisotopic (exact) mass is 507 g/mol. The molecule has 4 rings (SSSR count). The third-order valence-electron chi connectivity index (χ3n) is 4.79. The van der Waals surface area contributed by atoms with Crippen LogP contribution in [0.1, 0.15) is 21.6 Å². The Morgan fingerprint density at radius 1 is 1.12 bits per heavy atom.